The first-order valence-electron chi connectivity index (χ1n) is 2.87. The molecule has 1 rings (SSSR count). The Kier molecular flexibility index (Phi) is 2.91. The Morgan fingerprint density at radius 3 is 2.36 bits per heavy atom. The van der Waals surface area contributed by atoms with Crippen LogP contribution < -0.4 is 0 Å². The van der Waals surface area contributed by atoms with Gasteiger partial charge in [0, 0.05) is 10.6 Å². The molecule has 1 N–H and O–H groups in total. The lowest BCUT2D eigenvalue weighted by Crippen LogP contribution is -1.88. The van der Waals surface area contributed by atoms with Crippen molar-refractivity contribution in [3.8, 4) is 0 Å². The van der Waals surface area contributed by atoms with Crippen LogP contribution in [0.2, 0.25) is 5.02 Å². The number of halogens is 2. The number of hydrogen-bond acceptors (Lipinski definition) is 2. The van der Waals surface area contributed by atoms with Crippen molar-refractivity contribution in [2.45, 2.75) is 0 Å². The van der Waals surface area contributed by atoms with E-state index in [0.29, 0.717) is 9.64 Å². The third kappa shape index (κ3) is 2.20. The van der Waals surface area contributed by atoms with E-state index in [4.69, 9.17) is 16.8 Å². The summed E-state index contributed by atoms with van der Waals surface area (Å²) in [5.41, 5.74) is 0.789. The summed E-state index contributed by atoms with van der Waals surface area (Å²) in [4.78, 5) is 0. The molecule has 0 aliphatic carbocycles. The van der Waals surface area contributed by atoms with E-state index in [0.717, 1.165) is 5.56 Å². The van der Waals surface area contributed by atoms with E-state index in [2.05, 4.69) is 21.1 Å². The van der Waals surface area contributed by atoms with Crippen molar-refractivity contribution in [1.82, 2.24) is 0 Å². The zero-order valence-corrected chi connectivity index (χ0v) is 7.80. The number of benzene rings is 1. The highest BCUT2D eigenvalue weighted by Gasteiger charge is 1.97. The van der Waals surface area contributed by atoms with Crippen LogP contribution in [0.25, 0.3) is 0 Å². The van der Waals surface area contributed by atoms with Crippen molar-refractivity contribution in [3.05, 3.63) is 34.9 Å². The van der Waals surface area contributed by atoms with Crippen molar-refractivity contribution in [1.29, 1.82) is 0 Å². The summed E-state index contributed by atoms with van der Waals surface area (Å²) in [5.74, 6) is 0. The molecule has 0 heterocycles. The smallest absolute Gasteiger partial charge is 0.152 e. The molecule has 0 aromatic heterocycles. The second-order valence-corrected chi connectivity index (χ2v) is 3.09. The third-order valence-corrected chi connectivity index (χ3v) is 2.04. The number of hydrogen-bond donors (Lipinski definition) is 1. The first-order valence-corrected chi connectivity index (χ1v) is 4.04. The van der Waals surface area contributed by atoms with Gasteiger partial charge in [-0.15, -0.1) is 0 Å². The fourth-order valence-corrected chi connectivity index (χ4v) is 1.04. The van der Waals surface area contributed by atoms with Gasteiger partial charge in [-0.1, -0.05) is 28.9 Å². The summed E-state index contributed by atoms with van der Waals surface area (Å²) in [7, 11) is 0. The summed E-state index contributed by atoms with van der Waals surface area (Å²) < 4.78 is 0.397. The van der Waals surface area contributed by atoms with Gasteiger partial charge in [0.05, 0.1) is 0 Å². The molecule has 0 aliphatic heterocycles. The molecule has 1 aromatic carbocycles. The van der Waals surface area contributed by atoms with E-state index in [1.807, 2.05) is 0 Å². The molecule has 0 saturated carbocycles. The minimum atomic E-state index is 0.397. The molecule has 0 unspecified atom stereocenters. The van der Waals surface area contributed by atoms with Crippen LogP contribution in [0.5, 0.6) is 0 Å². The highest BCUT2D eigenvalue weighted by atomic mass is 79.9. The van der Waals surface area contributed by atoms with E-state index >= 15 is 0 Å². The molecule has 0 amide bonds. The number of oxime groups is 1. The van der Waals surface area contributed by atoms with Gasteiger partial charge in [-0.2, -0.15) is 0 Å². The zero-order valence-electron chi connectivity index (χ0n) is 5.46. The summed E-state index contributed by atoms with van der Waals surface area (Å²) in [6.07, 6.45) is 0. The summed E-state index contributed by atoms with van der Waals surface area (Å²) >= 11 is 8.71. The molecule has 0 spiro atoms. The lowest BCUT2D eigenvalue weighted by atomic mass is 10.2. The monoisotopic (exact) mass is 233 g/mol. The molecule has 0 fully saturated rings. The van der Waals surface area contributed by atoms with Gasteiger partial charge < -0.3 is 5.21 Å². The predicted molar refractivity (Wildman–Crippen MR) is 48.7 cm³/mol. The Hall–Kier alpha value is -0.540. The highest BCUT2D eigenvalue weighted by Crippen LogP contribution is 2.12. The average Bonchev–Trinajstić information content (AvgIpc) is 2.05. The minimum absolute atomic E-state index is 0.397. The summed E-state index contributed by atoms with van der Waals surface area (Å²) in [6, 6.07) is 6.96. The molecule has 0 atom stereocenters. The second-order valence-electron chi connectivity index (χ2n) is 1.90. The van der Waals surface area contributed by atoms with Crippen LogP contribution in [-0.2, 0) is 0 Å². The maximum absolute atomic E-state index is 8.37. The average molecular weight is 234 g/mol. The molecule has 0 bridgehead atoms. The van der Waals surface area contributed by atoms with Crippen molar-refractivity contribution in [3.63, 3.8) is 0 Å². The maximum atomic E-state index is 8.37. The quantitative estimate of drug-likeness (QED) is 0.452. The van der Waals surface area contributed by atoms with Gasteiger partial charge in [0.2, 0.25) is 0 Å². The first-order chi connectivity index (χ1) is 5.24. The maximum Gasteiger partial charge on any atom is 0.152 e. The van der Waals surface area contributed by atoms with Crippen molar-refractivity contribution >= 4 is 32.2 Å². The standard InChI is InChI=1S/C7H5BrClNO/c8-7(10-11)5-1-3-6(9)4-2-5/h1-4,11H/b10-7-. The summed E-state index contributed by atoms with van der Waals surface area (Å²) in [5, 5.41) is 12.0. The van der Waals surface area contributed by atoms with E-state index in [1.165, 1.54) is 0 Å². The fraction of sp³-hybridized carbons (Fsp3) is 0. The van der Waals surface area contributed by atoms with Gasteiger partial charge in [-0.25, -0.2) is 0 Å². The van der Waals surface area contributed by atoms with E-state index in [9.17, 15) is 0 Å². The molecule has 1 aromatic rings. The Balaban J connectivity index is 2.99. The highest BCUT2D eigenvalue weighted by molar-refractivity contribution is 9.18. The number of nitrogens with zero attached hydrogens (tertiary/aromatic N) is 1. The zero-order chi connectivity index (χ0) is 8.27. The first kappa shape index (κ1) is 8.56. The fourth-order valence-electron chi connectivity index (χ4n) is 0.645. The Morgan fingerprint density at radius 1 is 1.36 bits per heavy atom. The minimum Gasteiger partial charge on any atom is -0.410 e. The van der Waals surface area contributed by atoms with E-state index in [1.54, 1.807) is 24.3 Å². The van der Waals surface area contributed by atoms with Gasteiger partial charge in [0.25, 0.3) is 0 Å². The predicted octanol–water partition coefficient (Wildman–Crippen LogP) is 2.87. The van der Waals surface area contributed by atoms with Gasteiger partial charge >= 0.3 is 0 Å². The molecular formula is C7H5BrClNO. The molecule has 58 valence electrons. The Morgan fingerprint density at radius 2 is 1.91 bits per heavy atom. The van der Waals surface area contributed by atoms with Crippen LogP contribution in [0.1, 0.15) is 5.56 Å². The van der Waals surface area contributed by atoms with Crippen LogP contribution in [0.4, 0.5) is 0 Å². The second kappa shape index (κ2) is 3.74. The molecule has 2 nitrogen and oxygen atoms in total. The molecule has 0 radical (unpaired) electrons. The lowest BCUT2D eigenvalue weighted by molar-refractivity contribution is 0.321. The van der Waals surface area contributed by atoms with Crippen molar-refractivity contribution in [2.24, 2.45) is 5.16 Å². The van der Waals surface area contributed by atoms with Crippen LogP contribution >= 0.6 is 27.5 Å². The SMILES string of the molecule is O/N=C(\Br)c1ccc(Cl)cc1. The van der Waals surface area contributed by atoms with Crippen LogP contribution in [0.3, 0.4) is 0 Å². The van der Waals surface area contributed by atoms with Gasteiger partial charge in [0.1, 0.15) is 0 Å². The van der Waals surface area contributed by atoms with Crippen LogP contribution in [0.15, 0.2) is 29.4 Å². The van der Waals surface area contributed by atoms with Gasteiger partial charge in [0.15, 0.2) is 4.62 Å². The molecular weight excluding hydrogens is 229 g/mol. The Bertz CT molecular complexity index is 270. The Labute approximate surface area is 77.6 Å². The lowest BCUT2D eigenvalue weighted by Gasteiger charge is -1.94. The molecule has 0 aliphatic rings. The number of rotatable bonds is 1. The van der Waals surface area contributed by atoms with E-state index in [-0.39, 0.29) is 0 Å². The van der Waals surface area contributed by atoms with Crippen molar-refractivity contribution in [2.75, 3.05) is 0 Å². The van der Waals surface area contributed by atoms with Crippen molar-refractivity contribution < 1.29 is 5.21 Å². The van der Waals surface area contributed by atoms with Gasteiger partial charge in [-0.05, 0) is 28.1 Å². The normalized spacial score (nSPS) is 11.6. The molecule has 0 saturated heterocycles. The van der Waals surface area contributed by atoms with Gasteiger partial charge in [-0.3, -0.25) is 0 Å². The van der Waals surface area contributed by atoms with Crippen LogP contribution in [0, 0.1) is 0 Å². The summed E-state index contributed by atoms with van der Waals surface area (Å²) in [6.45, 7) is 0. The van der Waals surface area contributed by atoms with Crippen LogP contribution in [-0.4, -0.2) is 9.83 Å². The topological polar surface area (TPSA) is 32.6 Å². The third-order valence-electron chi connectivity index (χ3n) is 1.17. The molecule has 4 heteroatoms. The molecule has 11 heavy (non-hydrogen) atoms. The van der Waals surface area contributed by atoms with E-state index < -0.39 is 0 Å². The largest absolute Gasteiger partial charge is 0.410 e.